The fraction of sp³-hybridized carbons (Fsp3) is 0.545. The molecule has 0 aliphatic carbocycles. The molecule has 2 atom stereocenters. The van der Waals surface area contributed by atoms with Crippen molar-refractivity contribution in [1.82, 2.24) is 15.3 Å². The highest BCUT2D eigenvalue weighted by Gasteiger charge is 2.24. The number of carbonyl (C=O) groups is 1. The van der Waals surface area contributed by atoms with Crippen molar-refractivity contribution in [2.75, 3.05) is 11.9 Å². The molecule has 0 saturated carbocycles. The van der Waals surface area contributed by atoms with Gasteiger partial charge in [-0.15, -0.1) is 0 Å². The van der Waals surface area contributed by atoms with Gasteiger partial charge < -0.3 is 10.6 Å². The third-order valence-corrected chi connectivity index (χ3v) is 2.81. The van der Waals surface area contributed by atoms with Crippen molar-refractivity contribution in [3.63, 3.8) is 0 Å². The van der Waals surface area contributed by atoms with Crippen LogP contribution in [0, 0.1) is 5.92 Å². The summed E-state index contributed by atoms with van der Waals surface area (Å²) in [5.74, 6) is 0.602. The van der Waals surface area contributed by atoms with Gasteiger partial charge in [0.1, 0.15) is 6.33 Å². The zero-order valence-corrected chi connectivity index (χ0v) is 9.31. The molecule has 1 aromatic rings. The Balaban J connectivity index is 1.93. The summed E-state index contributed by atoms with van der Waals surface area (Å²) in [4.78, 5) is 19.6. The van der Waals surface area contributed by atoms with Crippen molar-refractivity contribution in [3.8, 4) is 0 Å². The Hall–Kier alpha value is -1.49. The first kappa shape index (κ1) is 11.0. The van der Waals surface area contributed by atoms with Gasteiger partial charge in [0.2, 0.25) is 5.91 Å². The van der Waals surface area contributed by atoms with Gasteiger partial charge in [0.15, 0.2) is 0 Å². The Bertz CT molecular complexity index is 354. The first-order valence-electron chi connectivity index (χ1n) is 5.55. The second kappa shape index (κ2) is 5.03. The Morgan fingerprint density at radius 1 is 1.50 bits per heavy atom. The van der Waals surface area contributed by atoms with E-state index in [0.717, 1.165) is 19.4 Å². The standard InChI is InChI=1S/C11H16N4O/c1-8-2-3-14-10(4-8)11(16)15-9-5-12-7-13-6-9/h5-8,10,14H,2-4H2,1H3,(H,15,16). The van der Waals surface area contributed by atoms with Crippen molar-refractivity contribution in [2.45, 2.75) is 25.8 Å². The van der Waals surface area contributed by atoms with Crippen LogP contribution in [0.4, 0.5) is 5.69 Å². The molecule has 2 N–H and O–H groups in total. The average Bonchev–Trinajstić information content (AvgIpc) is 2.30. The molecule has 1 amide bonds. The Labute approximate surface area is 94.7 Å². The molecule has 0 radical (unpaired) electrons. The number of aromatic nitrogens is 2. The van der Waals surface area contributed by atoms with E-state index in [1.807, 2.05) is 0 Å². The van der Waals surface area contributed by atoms with Gasteiger partial charge in [-0.1, -0.05) is 6.92 Å². The molecule has 2 rings (SSSR count). The smallest absolute Gasteiger partial charge is 0.241 e. The number of amides is 1. The summed E-state index contributed by atoms with van der Waals surface area (Å²) in [5.41, 5.74) is 0.646. The van der Waals surface area contributed by atoms with Crippen LogP contribution in [0.15, 0.2) is 18.7 Å². The summed E-state index contributed by atoms with van der Waals surface area (Å²) >= 11 is 0. The molecule has 5 heteroatoms. The molecular weight excluding hydrogens is 204 g/mol. The number of piperidine rings is 1. The molecule has 86 valence electrons. The van der Waals surface area contributed by atoms with Crippen molar-refractivity contribution in [2.24, 2.45) is 5.92 Å². The van der Waals surface area contributed by atoms with E-state index in [1.54, 1.807) is 12.4 Å². The SMILES string of the molecule is CC1CCNC(C(=O)Nc2cncnc2)C1. The molecule has 1 aromatic heterocycles. The number of nitrogens with one attached hydrogen (secondary N) is 2. The molecular formula is C11H16N4O. The van der Waals surface area contributed by atoms with Crippen LogP contribution in [0.3, 0.4) is 0 Å². The van der Waals surface area contributed by atoms with Crippen LogP contribution in [0.25, 0.3) is 0 Å². The van der Waals surface area contributed by atoms with Gasteiger partial charge >= 0.3 is 0 Å². The number of hydrogen-bond acceptors (Lipinski definition) is 4. The highest BCUT2D eigenvalue weighted by atomic mass is 16.2. The molecule has 16 heavy (non-hydrogen) atoms. The monoisotopic (exact) mass is 220 g/mol. The molecule has 1 fully saturated rings. The molecule has 5 nitrogen and oxygen atoms in total. The van der Waals surface area contributed by atoms with Gasteiger partial charge in [0, 0.05) is 0 Å². The van der Waals surface area contributed by atoms with Crippen molar-refractivity contribution in [1.29, 1.82) is 0 Å². The van der Waals surface area contributed by atoms with E-state index in [9.17, 15) is 4.79 Å². The van der Waals surface area contributed by atoms with Gasteiger partial charge in [-0.2, -0.15) is 0 Å². The molecule has 0 spiro atoms. The van der Waals surface area contributed by atoms with E-state index in [-0.39, 0.29) is 11.9 Å². The highest BCUT2D eigenvalue weighted by Crippen LogP contribution is 2.16. The van der Waals surface area contributed by atoms with Gasteiger partial charge in [-0.3, -0.25) is 4.79 Å². The Morgan fingerprint density at radius 3 is 2.94 bits per heavy atom. The van der Waals surface area contributed by atoms with Crippen molar-refractivity contribution < 1.29 is 4.79 Å². The van der Waals surface area contributed by atoms with E-state index >= 15 is 0 Å². The minimum absolute atomic E-state index is 0.00125. The maximum atomic E-state index is 11.9. The molecule has 2 unspecified atom stereocenters. The predicted octanol–water partition coefficient (Wildman–Crippen LogP) is 0.803. The summed E-state index contributed by atoms with van der Waals surface area (Å²) < 4.78 is 0. The van der Waals surface area contributed by atoms with Crippen LogP contribution in [0.2, 0.25) is 0 Å². The second-order valence-corrected chi connectivity index (χ2v) is 4.25. The lowest BCUT2D eigenvalue weighted by molar-refractivity contribution is -0.119. The minimum Gasteiger partial charge on any atom is -0.322 e. The molecule has 1 aliphatic rings. The zero-order valence-electron chi connectivity index (χ0n) is 9.31. The molecule has 1 aliphatic heterocycles. The van der Waals surface area contributed by atoms with Gasteiger partial charge in [0.25, 0.3) is 0 Å². The number of hydrogen-bond donors (Lipinski definition) is 2. The summed E-state index contributed by atoms with van der Waals surface area (Å²) in [6.07, 6.45) is 6.66. The summed E-state index contributed by atoms with van der Waals surface area (Å²) in [6, 6.07) is -0.0936. The normalized spacial score (nSPS) is 25.1. The second-order valence-electron chi connectivity index (χ2n) is 4.25. The number of nitrogens with zero attached hydrogens (tertiary/aromatic N) is 2. The summed E-state index contributed by atoms with van der Waals surface area (Å²) in [6.45, 7) is 3.08. The van der Waals surface area contributed by atoms with Crippen LogP contribution in [0.5, 0.6) is 0 Å². The fourth-order valence-corrected chi connectivity index (χ4v) is 1.90. The van der Waals surface area contributed by atoms with Crippen molar-refractivity contribution in [3.05, 3.63) is 18.7 Å². The number of carbonyl (C=O) groups excluding carboxylic acids is 1. The van der Waals surface area contributed by atoms with Crippen LogP contribution < -0.4 is 10.6 Å². The number of anilines is 1. The van der Waals surface area contributed by atoms with Crippen LogP contribution in [-0.2, 0) is 4.79 Å². The first-order valence-corrected chi connectivity index (χ1v) is 5.55. The van der Waals surface area contributed by atoms with Gasteiger partial charge in [0.05, 0.1) is 24.1 Å². The molecule has 0 bridgehead atoms. The lowest BCUT2D eigenvalue weighted by Gasteiger charge is -2.27. The zero-order chi connectivity index (χ0) is 11.4. The first-order chi connectivity index (χ1) is 7.75. The molecule has 1 saturated heterocycles. The third-order valence-electron chi connectivity index (χ3n) is 2.81. The Kier molecular flexibility index (Phi) is 3.46. The lowest BCUT2D eigenvalue weighted by atomic mass is 9.94. The quantitative estimate of drug-likeness (QED) is 0.773. The largest absolute Gasteiger partial charge is 0.322 e. The van der Waals surface area contributed by atoms with Crippen LogP contribution >= 0.6 is 0 Å². The van der Waals surface area contributed by atoms with E-state index in [1.165, 1.54) is 6.33 Å². The maximum Gasteiger partial charge on any atom is 0.241 e. The lowest BCUT2D eigenvalue weighted by Crippen LogP contribution is -2.45. The maximum absolute atomic E-state index is 11.9. The minimum atomic E-state index is -0.0936. The third kappa shape index (κ3) is 2.76. The van der Waals surface area contributed by atoms with E-state index in [2.05, 4.69) is 27.5 Å². The van der Waals surface area contributed by atoms with Crippen LogP contribution in [-0.4, -0.2) is 28.5 Å². The average molecular weight is 220 g/mol. The highest BCUT2D eigenvalue weighted by molar-refractivity contribution is 5.94. The topological polar surface area (TPSA) is 66.9 Å². The predicted molar refractivity (Wildman–Crippen MR) is 60.9 cm³/mol. The van der Waals surface area contributed by atoms with E-state index in [4.69, 9.17) is 0 Å². The van der Waals surface area contributed by atoms with E-state index < -0.39 is 0 Å². The van der Waals surface area contributed by atoms with Gasteiger partial charge in [-0.25, -0.2) is 9.97 Å². The molecule has 2 heterocycles. The Morgan fingerprint density at radius 2 is 2.25 bits per heavy atom. The van der Waals surface area contributed by atoms with Crippen LogP contribution in [0.1, 0.15) is 19.8 Å². The van der Waals surface area contributed by atoms with E-state index in [0.29, 0.717) is 11.6 Å². The summed E-state index contributed by atoms with van der Waals surface area (Å²) in [5, 5.41) is 6.02. The number of rotatable bonds is 2. The van der Waals surface area contributed by atoms with Crippen molar-refractivity contribution >= 4 is 11.6 Å². The fourth-order valence-electron chi connectivity index (χ4n) is 1.90. The summed E-state index contributed by atoms with van der Waals surface area (Å²) in [7, 11) is 0. The molecule has 0 aromatic carbocycles. The van der Waals surface area contributed by atoms with Gasteiger partial charge in [-0.05, 0) is 25.3 Å².